The van der Waals surface area contributed by atoms with Gasteiger partial charge in [-0.1, -0.05) is 64.5 Å². The molecule has 5 rings (SSSR count). The number of rotatable bonds is 6. The van der Waals surface area contributed by atoms with Gasteiger partial charge in [-0.25, -0.2) is 4.79 Å². The van der Waals surface area contributed by atoms with Gasteiger partial charge in [-0.15, -0.1) is 0 Å². The lowest BCUT2D eigenvalue weighted by atomic mass is 9.82. The second-order valence-electron chi connectivity index (χ2n) is 8.60. The van der Waals surface area contributed by atoms with E-state index in [0.29, 0.717) is 10.0 Å². The van der Waals surface area contributed by atoms with Crippen LogP contribution in [-0.2, 0) is 22.5 Å². The highest BCUT2D eigenvalue weighted by Crippen LogP contribution is 2.60. The number of halogens is 1. The van der Waals surface area contributed by atoms with Crippen molar-refractivity contribution < 1.29 is 34.3 Å². The van der Waals surface area contributed by atoms with E-state index in [1.807, 2.05) is 0 Å². The molecule has 1 aliphatic carbocycles. The number of carbonyl (C=O) groups is 3. The minimum atomic E-state index is -2.68. The topological polar surface area (TPSA) is 168 Å². The number of carbonyl (C=O) groups excluding carboxylic acids is 2. The number of ether oxygens (including phenoxy) is 1. The zero-order valence-corrected chi connectivity index (χ0v) is 20.4. The van der Waals surface area contributed by atoms with Crippen LogP contribution >= 0.6 is 15.9 Å². The molecule has 0 aromatic heterocycles. The number of benzene rings is 3. The Morgan fingerprint density at radius 2 is 1.84 bits per heavy atom. The summed E-state index contributed by atoms with van der Waals surface area (Å²) in [4.78, 5) is 50.2. The monoisotopic (exact) mass is 567 g/mol. The molecule has 0 saturated carbocycles. The van der Waals surface area contributed by atoms with E-state index < -0.39 is 51.3 Å². The number of aliphatic hydroxyl groups is 1. The van der Waals surface area contributed by atoms with Crippen molar-refractivity contribution in [1.82, 2.24) is 10.6 Å². The number of nitrogens with one attached hydrogen (secondary N) is 2. The van der Waals surface area contributed by atoms with Gasteiger partial charge in [0.25, 0.3) is 11.5 Å². The van der Waals surface area contributed by atoms with Gasteiger partial charge in [-0.05, 0) is 17.7 Å². The Bertz CT molecular complexity index is 1480. The predicted octanol–water partition coefficient (Wildman–Crippen LogP) is 2.98. The van der Waals surface area contributed by atoms with E-state index in [4.69, 9.17) is 4.74 Å². The Kier molecular flexibility index (Phi) is 5.72. The first-order chi connectivity index (χ1) is 17.6. The number of nitro benzene ring substituents is 1. The molecule has 0 bridgehead atoms. The molecule has 2 amide bonds. The summed E-state index contributed by atoms with van der Waals surface area (Å²) in [6, 6.07) is 15.4. The number of ketones is 1. The molecule has 1 aliphatic heterocycles. The average molecular weight is 568 g/mol. The Labute approximate surface area is 217 Å². The Morgan fingerprint density at radius 1 is 1.11 bits per heavy atom. The zero-order valence-electron chi connectivity index (χ0n) is 18.8. The van der Waals surface area contributed by atoms with E-state index >= 15 is 0 Å². The van der Waals surface area contributed by atoms with Crippen LogP contribution in [-0.4, -0.2) is 39.0 Å². The fourth-order valence-corrected chi connectivity index (χ4v) is 5.29. The summed E-state index contributed by atoms with van der Waals surface area (Å²) in [6.45, 7) is 0. The molecule has 3 aromatic rings. The standard InChI is InChI=1S/C25H18BrN3O8/c26-14-9-10-16-19(12-14)37-25(34)20-15(7-4-8-18(20)29(35)36)21(30)24(16,25)28-22(31)17(27-23(32)33)11-13-5-2-1-3-6-13/h1-10,12,17,27,34H,11H2,(H,28,31)(H,32,33)/t17?,24-,25-/m0/s1. The highest BCUT2D eigenvalue weighted by molar-refractivity contribution is 9.10. The molecule has 4 N–H and O–H groups in total. The molecule has 0 fully saturated rings. The highest BCUT2D eigenvalue weighted by atomic mass is 79.9. The molecule has 3 aromatic carbocycles. The number of nitrogens with zero attached hydrogens (tertiary/aromatic N) is 1. The number of amides is 2. The van der Waals surface area contributed by atoms with Crippen LogP contribution in [0.15, 0.2) is 71.2 Å². The maximum Gasteiger partial charge on any atom is 0.405 e. The quantitative estimate of drug-likeness (QED) is 0.260. The van der Waals surface area contributed by atoms with Crippen molar-refractivity contribution in [2.45, 2.75) is 23.8 Å². The first-order valence-electron chi connectivity index (χ1n) is 11.0. The number of nitro groups is 1. The molecule has 188 valence electrons. The second kappa shape index (κ2) is 8.68. The molecule has 37 heavy (non-hydrogen) atoms. The molecule has 2 aliphatic rings. The summed E-state index contributed by atoms with van der Waals surface area (Å²) < 4.78 is 6.35. The Morgan fingerprint density at radius 3 is 2.51 bits per heavy atom. The molecule has 12 heteroatoms. The van der Waals surface area contributed by atoms with Crippen molar-refractivity contribution in [2.75, 3.05) is 0 Å². The van der Waals surface area contributed by atoms with Crippen LogP contribution in [0.3, 0.4) is 0 Å². The molecule has 0 spiro atoms. The van der Waals surface area contributed by atoms with Gasteiger partial charge in [0, 0.05) is 28.1 Å². The maximum atomic E-state index is 13.9. The van der Waals surface area contributed by atoms with Crippen LogP contribution in [0.2, 0.25) is 0 Å². The van der Waals surface area contributed by atoms with Crippen molar-refractivity contribution >= 4 is 39.4 Å². The lowest BCUT2D eigenvalue weighted by molar-refractivity contribution is -0.388. The fourth-order valence-electron chi connectivity index (χ4n) is 4.95. The third kappa shape index (κ3) is 3.64. The summed E-state index contributed by atoms with van der Waals surface area (Å²) >= 11 is 3.29. The number of hydrogen-bond acceptors (Lipinski definition) is 7. The minimum Gasteiger partial charge on any atom is -0.465 e. The molecule has 1 unspecified atom stereocenters. The predicted molar refractivity (Wildman–Crippen MR) is 131 cm³/mol. The highest BCUT2D eigenvalue weighted by Gasteiger charge is 2.73. The van der Waals surface area contributed by atoms with Crippen LogP contribution in [0.4, 0.5) is 10.5 Å². The zero-order chi connectivity index (χ0) is 26.5. The first kappa shape index (κ1) is 24.4. The molecule has 0 radical (unpaired) electrons. The SMILES string of the molecule is O=C(O)NC(Cc1ccccc1)C(=O)N[C@@]12C(=O)c3cccc([N+](=O)[O-])c3[C@]1(O)Oc1cc(Br)ccc12. The van der Waals surface area contributed by atoms with Crippen LogP contribution in [0.25, 0.3) is 0 Å². The third-order valence-electron chi connectivity index (χ3n) is 6.48. The van der Waals surface area contributed by atoms with E-state index in [-0.39, 0.29) is 23.3 Å². The molecule has 3 atom stereocenters. The lowest BCUT2D eigenvalue weighted by Gasteiger charge is -2.35. The average Bonchev–Trinajstić information content (AvgIpc) is 3.20. The Hall–Kier alpha value is -4.29. The summed E-state index contributed by atoms with van der Waals surface area (Å²) in [6.07, 6.45) is -1.55. The number of Topliss-reactive ketones (excluding diaryl/α,β-unsaturated/α-hetero) is 1. The van der Waals surface area contributed by atoms with E-state index in [0.717, 1.165) is 6.07 Å². The van der Waals surface area contributed by atoms with Gasteiger partial charge in [0.05, 0.1) is 4.92 Å². The van der Waals surface area contributed by atoms with Crippen LogP contribution in [0, 0.1) is 10.1 Å². The lowest BCUT2D eigenvalue weighted by Crippen LogP contribution is -2.63. The maximum absolute atomic E-state index is 13.9. The van der Waals surface area contributed by atoms with Crippen molar-refractivity contribution in [1.29, 1.82) is 0 Å². The summed E-state index contributed by atoms with van der Waals surface area (Å²) in [7, 11) is 0. The van der Waals surface area contributed by atoms with E-state index in [2.05, 4.69) is 26.6 Å². The molecule has 1 heterocycles. The fraction of sp³-hybridized carbons (Fsp3) is 0.160. The van der Waals surface area contributed by atoms with Crippen LogP contribution < -0.4 is 15.4 Å². The second-order valence-corrected chi connectivity index (χ2v) is 9.52. The van der Waals surface area contributed by atoms with Crippen LogP contribution in [0.1, 0.15) is 27.0 Å². The van der Waals surface area contributed by atoms with Crippen molar-refractivity contribution in [3.63, 3.8) is 0 Å². The summed E-state index contributed by atoms with van der Waals surface area (Å²) in [5.74, 6) is -4.44. The van der Waals surface area contributed by atoms with Gasteiger partial charge in [-0.2, -0.15) is 0 Å². The Balaban J connectivity index is 1.66. The van der Waals surface area contributed by atoms with E-state index in [1.165, 1.54) is 24.3 Å². The van der Waals surface area contributed by atoms with Crippen molar-refractivity contribution in [3.05, 3.63) is 104 Å². The van der Waals surface area contributed by atoms with Gasteiger partial charge in [0.15, 0.2) is 0 Å². The first-order valence-corrected chi connectivity index (χ1v) is 11.8. The number of fused-ring (bicyclic) bond motifs is 5. The van der Waals surface area contributed by atoms with Gasteiger partial charge in [0.2, 0.25) is 17.2 Å². The van der Waals surface area contributed by atoms with Crippen LogP contribution in [0.5, 0.6) is 5.75 Å². The molecule has 11 nitrogen and oxygen atoms in total. The van der Waals surface area contributed by atoms with Gasteiger partial charge in [0.1, 0.15) is 17.4 Å². The number of hydrogen-bond donors (Lipinski definition) is 4. The molecular formula is C25H18BrN3O8. The third-order valence-corrected chi connectivity index (χ3v) is 6.98. The normalized spacial score (nSPS) is 21.7. The smallest absolute Gasteiger partial charge is 0.405 e. The number of carboxylic acid groups (broad SMARTS) is 1. The minimum absolute atomic E-state index is 0.0140. The molecular weight excluding hydrogens is 550 g/mol. The van der Waals surface area contributed by atoms with Gasteiger partial charge >= 0.3 is 6.09 Å². The van der Waals surface area contributed by atoms with E-state index in [9.17, 15) is 34.7 Å². The van der Waals surface area contributed by atoms with Crippen molar-refractivity contribution in [2.24, 2.45) is 0 Å². The van der Waals surface area contributed by atoms with Gasteiger partial charge in [-0.3, -0.25) is 19.7 Å². The molecule has 0 saturated heterocycles. The largest absolute Gasteiger partial charge is 0.465 e. The van der Waals surface area contributed by atoms with E-state index in [1.54, 1.807) is 36.4 Å². The summed E-state index contributed by atoms with van der Waals surface area (Å²) in [5.41, 5.74) is -2.78. The van der Waals surface area contributed by atoms with Crippen molar-refractivity contribution in [3.8, 4) is 5.75 Å². The van der Waals surface area contributed by atoms with Gasteiger partial charge < -0.3 is 25.6 Å². The summed E-state index contributed by atoms with van der Waals surface area (Å²) in [5, 5.41) is 37.8.